The SMILES string of the molecule is C[C@H]1SC[C@@H](C(=O)N2CCOCC2)NC1=O. The number of ether oxygens (including phenoxy) is 1. The van der Waals surface area contributed by atoms with Crippen LogP contribution in [0, 0.1) is 0 Å². The van der Waals surface area contributed by atoms with E-state index in [9.17, 15) is 9.59 Å². The third-order valence-electron chi connectivity index (χ3n) is 2.82. The van der Waals surface area contributed by atoms with Crippen LogP contribution in [0.25, 0.3) is 0 Å². The van der Waals surface area contributed by atoms with Crippen molar-refractivity contribution in [3.63, 3.8) is 0 Å². The summed E-state index contributed by atoms with van der Waals surface area (Å²) < 4.78 is 5.19. The van der Waals surface area contributed by atoms with Gasteiger partial charge in [0.15, 0.2) is 0 Å². The summed E-state index contributed by atoms with van der Waals surface area (Å²) in [4.78, 5) is 25.3. The number of amides is 2. The molecule has 2 saturated heterocycles. The van der Waals surface area contributed by atoms with E-state index in [0.29, 0.717) is 32.1 Å². The highest BCUT2D eigenvalue weighted by Crippen LogP contribution is 2.18. The van der Waals surface area contributed by atoms with Gasteiger partial charge in [-0.2, -0.15) is 0 Å². The molecule has 0 aliphatic carbocycles. The molecule has 6 heteroatoms. The lowest BCUT2D eigenvalue weighted by Gasteiger charge is -2.33. The van der Waals surface area contributed by atoms with E-state index in [4.69, 9.17) is 4.74 Å². The quantitative estimate of drug-likeness (QED) is 0.673. The maximum absolute atomic E-state index is 12.0. The van der Waals surface area contributed by atoms with Crippen molar-refractivity contribution < 1.29 is 14.3 Å². The first kappa shape index (κ1) is 11.7. The summed E-state index contributed by atoms with van der Waals surface area (Å²) in [5.74, 6) is 0.655. The maximum Gasteiger partial charge on any atom is 0.246 e. The van der Waals surface area contributed by atoms with Gasteiger partial charge in [-0.1, -0.05) is 0 Å². The summed E-state index contributed by atoms with van der Waals surface area (Å²) >= 11 is 1.54. The zero-order valence-corrected chi connectivity index (χ0v) is 10.1. The van der Waals surface area contributed by atoms with Gasteiger partial charge in [-0.05, 0) is 6.92 Å². The van der Waals surface area contributed by atoms with Gasteiger partial charge < -0.3 is 15.0 Å². The molecule has 5 nitrogen and oxygen atoms in total. The average Bonchev–Trinajstić information content (AvgIpc) is 2.33. The van der Waals surface area contributed by atoms with Gasteiger partial charge in [0.05, 0.1) is 18.5 Å². The van der Waals surface area contributed by atoms with Crippen molar-refractivity contribution in [2.24, 2.45) is 0 Å². The van der Waals surface area contributed by atoms with E-state index < -0.39 is 0 Å². The first-order chi connectivity index (χ1) is 7.68. The number of carbonyl (C=O) groups excluding carboxylic acids is 2. The molecule has 2 fully saturated rings. The van der Waals surface area contributed by atoms with Crippen LogP contribution in [-0.4, -0.2) is 60.1 Å². The molecule has 2 rings (SSSR count). The number of nitrogens with zero attached hydrogens (tertiary/aromatic N) is 1. The molecule has 0 saturated carbocycles. The Kier molecular flexibility index (Phi) is 3.70. The van der Waals surface area contributed by atoms with Crippen molar-refractivity contribution in [2.45, 2.75) is 18.2 Å². The zero-order valence-electron chi connectivity index (χ0n) is 9.27. The van der Waals surface area contributed by atoms with Crippen LogP contribution >= 0.6 is 11.8 Å². The van der Waals surface area contributed by atoms with Crippen LogP contribution in [0.2, 0.25) is 0 Å². The Morgan fingerprint density at radius 2 is 2.19 bits per heavy atom. The number of rotatable bonds is 1. The van der Waals surface area contributed by atoms with Crippen molar-refractivity contribution in [3.05, 3.63) is 0 Å². The Balaban J connectivity index is 1.91. The lowest BCUT2D eigenvalue weighted by atomic mass is 10.2. The van der Waals surface area contributed by atoms with E-state index >= 15 is 0 Å². The summed E-state index contributed by atoms with van der Waals surface area (Å²) in [6, 6.07) is -0.355. The number of nitrogens with one attached hydrogen (secondary N) is 1. The molecule has 2 amide bonds. The van der Waals surface area contributed by atoms with Crippen LogP contribution in [-0.2, 0) is 14.3 Å². The predicted molar refractivity (Wildman–Crippen MR) is 61.2 cm³/mol. The monoisotopic (exact) mass is 244 g/mol. The number of carbonyl (C=O) groups is 2. The van der Waals surface area contributed by atoms with E-state index in [1.54, 1.807) is 4.90 Å². The number of hydrogen-bond donors (Lipinski definition) is 1. The molecule has 2 aliphatic heterocycles. The van der Waals surface area contributed by atoms with Gasteiger partial charge in [0.25, 0.3) is 0 Å². The molecule has 0 aromatic heterocycles. The summed E-state index contributed by atoms with van der Waals surface area (Å²) in [6.07, 6.45) is 0. The summed E-state index contributed by atoms with van der Waals surface area (Å²) in [7, 11) is 0. The van der Waals surface area contributed by atoms with Crippen molar-refractivity contribution in [3.8, 4) is 0 Å². The molecule has 0 bridgehead atoms. The largest absolute Gasteiger partial charge is 0.378 e. The zero-order chi connectivity index (χ0) is 11.5. The summed E-state index contributed by atoms with van der Waals surface area (Å²) in [6.45, 7) is 4.30. The van der Waals surface area contributed by atoms with Crippen molar-refractivity contribution in [1.29, 1.82) is 0 Å². The summed E-state index contributed by atoms with van der Waals surface area (Å²) in [5.41, 5.74) is 0. The Morgan fingerprint density at radius 3 is 2.81 bits per heavy atom. The number of hydrogen-bond acceptors (Lipinski definition) is 4. The van der Waals surface area contributed by atoms with Gasteiger partial charge in [0.2, 0.25) is 11.8 Å². The molecule has 0 unspecified atom stereocenters. The third-order valence-corrected chi connectivity index (χ3v) is 4.06. The second-order valence-electron chi connectivity index (χ2n) is 3.97. The van der Waals surface area contributed by atoms with E-state index in [1.807, 2.05) is 6.92 Å². The second kappa shape index (κ2) is 5.05. The molecule has 16 heavy (non-hydrogen) atoms. The fourth-order valence-electron chi connectivity index (χ4n) is 1.78. The van der Waals surface area contributed by atoms with Crippen molar-refractivity contribution in [1.82, 2.24) is 10.2 Å². The van der Waals surface area contributed by atoms with Gasteiger partial charge in [-0.3, -0.25) is 9.59 Å². The van der Waals surface area contributed by atoms with Crippen LogP contribution in [0.5, 0.6) is 0 Å². The van der Waals surface area contributed by atoms with Gasteiger partial charge in [0.1, 0.15) is 6.04 Å². The number of morpholine rings is 1. The van der Waals surface area contributed by atoms with Crippen LogP contribution in [0.4, 0.5) is 0 Å². The Bertz CT molecular complexity index is 292. The lowest BCUT2D eigenvalue weighted by molar-refractivity contribution is -0.139. The molecule has 90 valence electrons. The lowest BCUT2D eigenvalue weighted by Crippen LogP contribution is -2.56. The fourth-order valence-corrected chi connectivity index (χ4v) is 2.71. The van der Waals surface area contributed by atoms with E-state index in [-0.39, 0.29) is 23.1 Å². The highest BCUT2D eigenvalue weighted by Gasteiger charge is 2.32. The average molecular weight is 244 g/mol. The van der Waals surface area contributed by atoms with Gasteiger partial charge in [-0.25, -0.2) is 0 Å². The first-order valence-electron chi connectivity index (χ1n) is 5.47. The van der Waals surface area contributed by atoms with E-state index in [2.05, 4.69) is 5.32 Å². The molecular weight excluding hydrogens is 228 g/mol. The van der Waals surface area contributed by atoms with Crippen LogP contribution < -0.4 is 5.32 Å². The minimum atomic E-state index is -0.355. The Hall–Kier alpha value is -0.750. The number of thioether (sulfide) groups is 1. The topological polar surface area (TPSA) is 58.6 Å². The molecular formula is C10H16N2O3S. The van der Waals surface area contributed by atoms with Crippen LogP contribution in [0.3, 0.4) is 0 Å². The van der Waals surface area contributed by atoms with Gasteiger partial charge >= 0.3 is 0 Å². The highest BCUT2D eigenvalue weighted by atomic mass is 32.2. The second-order valence-corrected chi connectivity index (χ2v) is 5.35. The molecule has 2 aliphatic rings. The molecule has 0 spiro atoms. The van der Waals surface area contributed by atoms with E-state index in [1.165, 1.54) is 11.8 Å². The first-order valence-corrected chi connectivity index (χ1v) is 6.52. The van der Waals surface area contributed by atoms with Gasteiger partial charge in [-0.15, -0.1) is 11.8 Å². The maximum atomic E-state index is 12.0. The molecule has 2 heterocycles. The van der Waals surface area contributed by atoms with E-state index in [0.717, 1.165) is 0 Å². The van der Waals surface area contributed by atoms with Crippen LogP contribution in [0.1, 0.15) is 6.92 Å². The smallest absolute Gasteiger partial charge is 0.246 e. The molecule has 0 radical (unpaired) electrons. The van der Waals surface area contributed by atoms with Crippen LogP contribution in [0.15, 0.2) is 0 Å². The molecule has 0 aromatic rings. The van der Waals surface area contributed by atoms with Crippen molar-refractivity contribution in [2.75, 3.05) is 32.1 Å². The Labute approximate surface area is 98.9 Å². The standard InChI is InChI=1S/C10H16N2O3S/c1-7-9(13)11-8(6-16-7)10(14)12-2-4-15-5-3-12/h7-8H,2-6H2,1H3,(H,11,13)/t7-,8+/m1/s1. The normalized spacial score (nSPS) is 31.1. The Morgan fingerprint density at radius 1 is 1.50 bits per heavy atom. The molecule has 1 N–H and O–H groups in total. The van der Waals surface area contributed by atoms with Crippen molar-refractivity contribution >= 4 is 23.6 Å². The van der Waals surface area contributed by atoms with Gasteiger partial charge in [0, 0.05) is 18.8 Å². The highest BCUT2D eigenvalue weighted by molar-refractivity contribution is 8.00. The minimum Gasteiger partial charge on any atom is -0.378 e. The fraction of sp³-hybridized carbons (Fsp3) is 0.800. The predicted octanol–water partition coefficient (Wildman–Crippen LogP) is -0.535. The molecule has 0 aromatic carbocycles. The minimum absolute atomic E-state index is 0.0241. The summed E-state index contributed by atoms with van der Waals surface area (Å²) in [5, 5.41) is 2.72. The third kappa shape index (κ3) is 2.49. The molecule has 2 atom stereocenters.